The fourth-order valence-corrected chi connectivity index (χ4v) is 3.48. The van der Waals surface area contributed by atoms with E-state index in [-0.39, 0.29) is 18.0 Å². The van der Waals surface area contributed by atoms with E-state index in [1.807, 2.05) is 24.1 Å². The summed E-state index contributed by atoms with van der Waals surface area (Å²) in [5, 5.41) is 5.94. The number of urea groups is 1. The molecule has 1 fully saturated rings. The number of carbonyl (C=O) groups excluding carboxylic acids is 2. The van der Waals surface area contributed by atoms with Gasteiger partial charge in [-0.2, -0.15) is 0 Å². The molecule has 0 radical (unpaired) electrons. The van der Waals surface area contributed by atoms with Crippen molar-refractivity contribution in [3.05, 3.63) is 16.1 Å². The molecule has 2 heterocycles. The van der Waals surface area contributed by atoms with Crippen molar-refractivity contribution in [3.63, 3.8) is 0 Å². The normalized spacial score (nSPS) is 17.0. The predicted octanol–water partition coefficient (Wildman–Crippen LogP) is 2.41. The summed E-state index contributed by atoms with van der Waals surface area (Å²) in [5.74, 6) is 0.550. The summed E-state index contributed by atoms with van der Waals surface area (Å²) in [7, 11) is 3.57. The van der Waals surface area contributed by atoms with Crippen LogP contribution in [0.15, 0.2) is 5.38 Å². The Morgan fingerprint density at radius 1 is 1.43 bits per heavy atom. The van der Waals surface area contributed by atoms with Gasteiger partial charge in [0.15, 0.2) is 0 Å². The predicted molar refractivity (Wildman–Crippen MR) is 91.4 cm³/mol. The van der Waals surface area contributed by atoms with Gasteiger partial charge in [-0.15, -0.1) is 11.3 Å². The Balaban J connectivity index is 1.78. The minimum atomic E-state index is -0.0748. The first-order valence-corrected chi connectivity index (χ1v) is 8.92. The van der Waals surface area contributed by atoms with Crippen molar-refractivity contribution in [2.45, 2.75) is 39.2 Å². The molecule has 1 aromatic rings. The standard InChI is InChI=1S/C16H26N4O2S/c1-11-10-23-15(17-11)12(2)18-16(22)20-7-5-13(6-8-20)9-14(21)19(3)4/h10,12-13H,5-9H2,1-4H3,(H,18,22)/t12-/m0/s1. The van der Waals surface area contributed by atoms with Gasteiger partial charge >= 0.3 is 6.03 Å². The van der Waals surface area contributed by atoms with E-state index < -0.39 is 0 Å². The molecule has 128 valence electrons. The molecule has 1 saturated heterocycles. The topological polar surface area (TPSA) is 65.5 Å². The number of amides is 3. The van der Waals surface area contributed by atoms with E-state index in [0.717, 1.165) is 23.5 Å². The molecule has 1 aliphatic rings. The van der Waals surface area contributed by atoms with Gasteiger partial charge in [0, 0.05) is 44.7 Å². The Hall–Kier alpha value is -1.63. The van der Waals surface area contributed by atoms with Gasteiger partial charge in [0.25, 0.3) is 0 Å². The molecule has 1 aromatic heterocycles. The van der Waals surface area contributed by atoms with E-state index in [1.54, 1.807) is 30.3 Å². The molecular formula is C16H26N4O2S. The summed E-state index contributed by atoms with van der Waals surface area (Å²) >= 11 is 1.57. The largest absolute Gasteiger partial charge is 0.349 e. The van der Waals surface area contributed by atoms with E-state index in [0.29, 0.717) is 25.4 Å². The molecule has 0 unspecified atom stereocenters. The van der Waals surface area contributed by atoms with E-state index in [1.165, 1.54) is 0 Å². The Morgan fingerprint density at radius 3 is 2.61 bits per heavy atom. The van der Waals surface area contributed by atoms with Crippen molar-refractivity contribution in [2.24, 2.45) is 5.92 Å². The number of aryl methyl sites for hydroxylation is 1. The lowest BCUT2D eigenvalue weighted by molar-refractivity contribution is -0.129. The summed E-state index contributed by atoms with van der Waals surface area (Å²) in [6.07, 6.45) is 2.35. The Labute approximate surface area is 141 Å². The van der Waals surface area contributed by atoms with Crippen molar-refractivity contribution >= 4 is 23.3 Å². The summed E-state index contributed by atoms with van der Waals surface area (Å²) in [6.45, 7) is 5.33. The van der Waals surface area contributed by atoms with E-state index >= 15 is 0 Å². The van der Waals surface area contributed by atoms with E-state index in [2.05, 4.69) is 10.3 Å². The van der Waals surface area contributed by atoms with Crippen molar-refractivity contribution in [1.82, 2.24) is 20.1 Å². The number of likely N-dealkylation sites (tertiary alicyclic amines) is 1. The number of nitrogens with one attached hydrogen (secondary N) is 1. The molecule has 0 bridgehead atoms. The van der Waals surface area contributed by atoms with E-state index in [9.17, 15) is 9.59 Å². The molecular weight excluding hydrogens is 312 g/mol. The molecule has 0 spiro atoms. The molecule has 1 aliphatic heterocycles. The fraction of sp³-hybridized carbons (Fsp3) is 0.688. The van der Waals surface area contributed by atoms with Crippen LogP contribution in [0.1, 0.15) is 42.9 Å². The number of hydrogen-bond donors (Lipinski definition) is 1. The van der Waals surface area contributed by atoms with Crippen molar-refractivity contribution in [1.29, 1.82) is 0 Å². The van der Waals surface area contributed by atoms with Gasteiger partial charge in [0.1, 0.15) is 5.01 Å². The number of rotatable bonds is 4. The van der Waals surface area contributed by atoms with Gasteiger partial charge < -0.3 is 15.1 Å². The van der Waals surface area contributed by atoms with Crippen LogP contribution in [0.25, 0.3) is 0 Å². The second kappa shape index (κ2) is 7.77. The number of nitrogens with zero attached hydrogens (tertiary/aromatic N) is 3. The van der Waals surface area contributed by atoms with Crippen molar-refractivity contribution < 1.29 is 9.59 Å². The maximum absolute atomic E-state index is 12.3. The summed E-state index contributed by atoms with van der Waals surface area (Å²) in [4.78, 5) is 32.0. The third-order valence-corrected chi connectivity index (χ3v) is 5.36. The highest BCUT2D eigenvalue weighted by Crippen LogP contribution is 2.22. The lowest BCUT2D eigenvalue weighted by atomic mass is 9.93. The molecule has 6 nitrogen and oxygen atoms in total. The lowest BCUT2D eigenvalue weighted by Gasteiger charge is -2.32. The van der Waals surface area contributed by atoms with Crippen LogP contribution < -0.4 is 5.32 Å². The van der Waals surface area contributed by atoms with E-state index in [4.69, 9.17) is 0 Å². The second-order valence-electron chi connectivity index (χ2n) is 6.42. The summed E-state index contributed by atoms with van der Waals surface area (Å²) < 4.78 is 0. The van der Waals surface area contributed by atoms with Crippen LogP contribution in [0.3, 0.4) is 0 Å². The molecule has 0 aromatic carbocycles. The van der Waals surface area contributed by atoms with Crippen molar-refractivity contribution in [3.8, 4) is 0 Å². The smallest absolute Gasteiger partial charge is 0.317 e. The SMILES string of the molecule is Cc1csc([C@H](C)NC(=O)N2CCC(CC(=O)N(C)C)CC2)n1. The minimum Gasteiger partial charge on any atom is -0.349 e. The maximum atomic E-state index is 12.3. The molecule has 23 heavy (non-hydrogen) atoms. The Morgan fingerprint density at radius 2 is 2.09 bits per heavy atom. The van der Waals surface area contributed by atoms with Gasteiger partial charge in [-0.1, -0.05) is 0 Å². The Bertz CT molecular complexity index is 550. The third kappa shape index (κ3) is 4.92. The Kier molecular flexibility index (Phi) is 5.98. The highest BCUT2D eigenvalue weighted by molar-refractivity contribution is 7.09. The zero-order valence-electron chi connectivity index (χ0n) is 14.3. The maximum Gasteiger partial charge on any atom is 0.317 e. The number of thiazole rings is 1. The number of piperidine rings is 1. The average Bonchev–Trinajstić information content (AvgIpc) is 2.94. The molecule has 2 rings (SSSR count). The zero-order valence-corrected chi connectivity index (χ0v) is 15.2. The molecule has 7 heteroatoms. The van der Waals surface area contributed by atoms with Crippen molar-refractivity contribution in [2.75, 3.05) is 27.2 Å². The third-order valence-electron chi connectivity index (χ3n) is 4.21. The highest BCUT2D eigenvalue weighted by Gasteiger charge is 2.26. The van der Waals surface area contributed by atoms with Gasteiger partial charge in [-0.25, -0.2) is 9.78 Å². The number of aromatic nitrogens is 1. The summed E-state index contributed by atoms with van der Waals surface area (Å²) in [5.41, 5.74) is 0.984. The van der Waals surface area contributed by atoms with Gasteiger partial charge in [-0.3, -0.25) is 4.79 Å². The first-order valence-electron chi connectivity index (χ1n) is 8.04. The van der Waals surface area contributed by atoms with Crippen LogP contribution in [-0.2, 0) is 4.79 Å². The van der Waals surface area contributed by atoms with Crippen LogP contribution in [0.2, 0.25) is 0 Å². The fourth-order valence-electron chi connectivity index (χ4n) is 2.68. The quantitative estimate of drug-likeness (QED) is 0.917. The lowest BCUT2D eigenvalue weighted by Crippen LogP contribution is -2.45. The molecule has 3 amide bonds. The van der Waals surface area contributed by atoms with Crippen LogP contribution >= 0.6 is 11.3 Å². The first kappa shape index (κ1) is 17.7. The molecule has 0 saturated carbocycles. The van der Waals surface area contributed by atoms with Crippen LogP contribution in [0.5, 0.6) is 0 Å². The zero-order chi connectivity index (χ0) is 17.0. The molecule has 0 aliphatic carbocycles. The van der Waals surface area contributed by atoms with Crippen LogP contribution in [0.4, 0.5) is 4.79 Å². The average molecular weight is 338 g/mol. The van der Waals surface area contributed by atoms with Gasteiger partial charge in [0.2, 0.25) is 5.91 Å². The first-order chi connectivity index (χ1) is 10.9. The van der Waals surface area contributed by atoms with Crippen LogP contribution in [0, 0.1) is 12.8 Å². The number of carbonyl (C=O) groups is 2. The molecule has 1 N–H and O–H groups in total. The monoisotopic (exact) mass is 338 g/mol. The highest BCUT2D eigenvalue weighted by atomic mass is 32.1. The molecule has 1 atom stereocenters. The minimum absolute atomic E-state index is 0.0391. The van der Waals surface area contributed by atoms with Gasteiger partial charge in [-0.05, 0) is 32.6 Å². The second-order valence-corrected chi connectivity index (χ2v) is 7.31. The van der Waals surface area contributed by atoms with Gasteiger partial charge in [0.05, 0.1) is 6.04 Å². The summed E-state index contributed by atoms with van der Waals surface area (Å²) in [6, 6.07) is -0.114. The van der Waals surface area contributed by atoms with Crippen LogP contribution in [-0.4, -0.2) is 53.9 Å². The number of hydrogen-bond acceptors (Lipinski definition) is 4.